The molecule has 1 aliphatic rings. The molecule has 0 amide bonds. The van der Waals surface area contributed by atoms with Gasteiger partial charge in [0.2, 0.25) is 0 Å². The quantitative estimate of drug-likeness (QED) is 0.558. The smallest absolute Gasteiger partial charge is 0.191 e. The van der Waals surface area contributed by atoms with Crippen LogP contribution in [0.5, 0.6) is 0 Å². The molecule has 1 aromatic carbocycles. The van der Waals surface area contributed by atoms with Crippen LogP contribution in [-0.2, 0) is 26.4 Å². The van der Waals surface area contributed by atoms with E-state index in [0.717, 1.165) is 57.2 Å². The van der Waals surface area contributed by atoms with Gasteiger partial charge in [0.15, 0.2) is 5.96 Å². The third kappa shape index (κ3) is 5.60. The van der Waals surface area contributed by atoms with Gasteiger partial charge >= 0.3 is 0 Å². The average Bonchev–Trinajstić information content (AvgIpc) is 2.94. The Labute approximate surface area is 175 Å². The summed E-state index contributed by atoms with van der Waals surface area (Å²) in [6.45, 7) is 13.3. The van der Waals surface area contributed by atoms with Gasteiger partial charge in [-0.3, -0.25) is 14.6 Å². The van der Waals surface area contributed by atoms with Crippen LogP contribution in [0.25, 0.3) is 0 Å². The predicted molar refractivity (Wildman–Crippen MR) is 120 cm³/mol. The lowest BCUT2D eigenvalue weighted by molar-refractivity contribution is 0.261. The van der Waals surface area contributed by atoms with Crippen molar-refractivity contribution < 1.29 is 0 Å². The Morgan fingerprint density at radius 3 is 2.69 bits per heavy atom. The van der Waals surface area contributed by atoms with Gasteiger partial charge in [-0.25, -0.2) is 0 Å². The SMILES string of the molecule is CCNC(=NCCN1CCc2ccccc2C1)NC(C)Cc1c(C)nn(C)c1C. The van der Waals surface area contributed by atoms with Crippen LogP contribution in [0.15, 0.2) is 29.3 Å². The van der Waals surface area contributed by atoms with Crippen molar-refractivity contribution in [1.82, 2.24) is 25.3 Å². The maximum atomic E-state index is 4.83. The van der Waals surface area contributed by atoms with E-state index < -0.39 is 0 Å². The number of hydrogen-bond donors (Lipinski definition) is 2. The van der Waals surface area contributed by atoms with E-state index in [1.807, 2.05) is 11.7 Å². The first-order valence-electron chi connectivity index (χ1n) is 10.8. The van der Waals surface area contributed by atoms with Crippen molar-refractivity contribution in [1.29, 1.82) is 0 Å². The maximum Gasteiger partial charge on any atom is 0.191 e. The molecule has 1 atom stereocenters. The average molecular weight is 397 g/mol. The van der Waals surface area contributed by atoms with Crippen LogP contribution >= 0.6 is 0 Å². The van der Waals surface area contributed by atoms with E-state index in [2.05, 4.69) is 72.6 Å². The van der Waals surface area contributed by atoms with Crippen LogP contribution in [0.2, 0.25) is 0 Å². The monoisotopic (exact) mass is 396 g/mol. The number of benzene rings is 1. The molecule has 6 heteroatoms. The van der Waals surface area contributed by atoms with Crippen molar-refractivity contribution in [2.24, 2.45) is 12.0 Å². The molecule has 0 saturated carbocycles. The van der Waals surface area contributed by atoms with Crippen molar-refractivity contribution in [3.63, 3.8) is 0 Å². The highest BCUT2D eigenvalue weighted by Gasteiger charge is 2.16. The summed E-state index contributed by atoms with van der Waals surface area (Å²) in [7, 11) is 2.01. The molecule has 2 aromatic rings. The van der Waals surface area contributed by atoms with Gasteiger partial charge in [0.25, 0.3) is 0 Å². The second kappa shape index (κ2) is 9.92. The van der Waals surface area contributed by atoms with Gasteiger partial charge in [-0.15, -0.1) is 0 Å². The molecule has 0 radical (unpaired) electrons. The molecule has 0 spiro atoms. The number of aliphatic imine (C=N–C) groups is 1. The largest absolute Gasteiger partial charge is 0.357 e. The first-order chi connectivity index (χ1) is 14.0. The molecule has 2 N–H and O–H groups in total. The van der Waals surface area contributed by atoms with Gasteiger partial charge < -0.3 is 10.6 Å². The van der Waals surface area contributed by atoms with Gasteiger partial charge in [-0.2, -0.15) is 5.10 Å². The minimum atomic E-state index is 0.288. The minimum absolute atomic E-state index is 0.288. The molecule has 0 saturated heterocycles. The molecule has 6 nitrogen and oxygen atoms in total. The summed E-state index contributed by atoms with van der Waals surface area (Å²) in [4.78, 5) is 7.33. The van der Waals surface area contributed by atoms with Gasteiger partial charge in [0.1, 0.15) is 0 Å². The summed E-state index contributed by atoms with van der Waals surface area (Å²) < 4.78 is 1.97. The van der Waals surface area contributed by atoms with Gasteiger partial charge in [-0.1, -0.05) is 24.3 Å². The van der Waals surface area contributed by atoms with Crippen LogP contribution < -0.4 is 10.6 Å². The van der Waals surface area contributed by atoms with Gasteiger partial charge in [0, 0.05) is 45.0 Å². The van der Waals surface area contributed by atoms with Crippen molar-refractivity contribution >= 4 is 5.96 Å². The molecule has 1 aliphatic heterocycles. The number of nitrogens with one attached hydrogen (secondary N) is 2. The fraction of sp³-hybridized carbons (Fsp3) is 0.565. The number of aryl methyl sites for hydroxylation is 2. The zero-order chi connectivity index (χ0) is 20.8. The van der Waals surface area contributed by atoms with Crippen molar-refractivity contribution in [2.75, 3.05) is 26.2 Å². The number of hydrogen-bond acceptors (Lipinski definition) is 3. The molecular formula is C23H36N6. The van der Waals surface area contributed by atoms with Crippen molar-refractivity contribution in [3.8, 4) is 0 Å². The van der Waals surface area contributed by atoms with Crippen LogP contribution in [-0.4, -0.2) is 52.9 Å². The van der Waals surface area contributed by atoms with E-state index in [-0.39, 0.29) is 6.04 Å². The molecule has 29 heavy (non-hydrogen) atoms. The van der Waals surface area contributed by atoms with Gasteiger partial charge in [-0.05, 0) is 57.2 Å². The Morgan fingerprint density at radius 2 is 2.00 bits per heavy atom. The first-order valence-corrected chi connectivity index (χ1v) is 10.8. The number of rotatable bonds is 7. The summed E-state index contributed by atoms with van der Waals surface area (Å²) in [5, 5.41) is 11.5. The summed E-state index contributed by atoms with van der Waals surface area (Å²) in [6.07, 6.45) is 2.08. The van der Waals surface area contributed by atoms with E-state index in [4.69, 9.17) is 4.99 Å². The van der Waals surface area contributed by atoms with E-state index in [0.29, 0.717) is 0 Å². The number of nitrogens with zero attached hydrogens (tertiary/aromatic N) is 4. The highest BCUT2D eigenvalue weighted by atomic mass is 15.3. The van der Waals surface area contributed by atoms with Crippen LogP contribution in [0.1, 0.15) is 41.9 Å². The standard InChI is InChI=1S/C23H36N6/c1-6-24-23(26-17(2)15-22-18(3)27-28(5)19(22)4)25-12-14-29-13-11-20-9-7-8-10-21(20)16-29/h7-10,17H,6,11-16H2,1-5H3,(H2,24,25,26). The summed E-state index contributed by atoms with van der Waals surface area (Å²) in [5.74, 6) is 0.900. The number of fused-ring (bicyclic) bond motifs is 1. The number of guanidine groups is 1. The normalized spacial score (nSPS) is 15.8. The van der Waals surface area contributed by atoms with Gasteiger partial charge in [0.05, 0.1) is 12.2 Å². The van der Waals surface area contributed by atoms with Crippen molar-refractivity contribution in [2.45, 2.75) is 53.1 Å². The molecule has 2 heterocycles. The highest BCUT2D eigenvalue weighted by molar-refractivity contribution is 5.80. The predicted octanol–water partition coefficient (Wildman–Crippen LogP) is 2.58. The Balaban J connectivity index is 1.53. The Kier molecular flexibility index (Phi) is 7.31. The lowest BCUT2D eigenvalue weighted by atomic mass is 10.00. The molecule has 1 aromatic heterocycles. The molecule has 0 aliphatic carbocycles. The van der Waals surface area contributed by atoms with Crippen LogP contribution in [0.4, 0.5) is 0 Å². The second-order valence-electron chi connectivity index (χ2n) is 8.08. The Bertz CT molecular complexity index is 838. The van der Waals surface area contributed by atoms with E-state index in [9.17, 15) is 0 Å². The zero-order valence-electron chi connectivity index (χ0n) is 18.6. The van der Waals surface area contributed by atoms with E-state index in [1.165, 1.54) is 22.4 Å². The molecular weight excluding hydrogens is 360 g/mol. The first kappa shape index (κ1) is 21.4. The molecule has 1 unspecified atom stereocenters. The third-order valence-electron chi connectivity index (χ3n) is 5.79. The van der Waals surface area contributed by atoms with Crippen molar-refractivity contribution in [3.05, 3.63) is 52.3 Å². The lowest BCUT2D eigenvalue weighted by Crippen LogP contribution is -2.43. The second-order valence-corrected chi connectivity index (χ2v) is 8.08. The molecule has 3 rings (SSSR count). The zero-order valence-corrected chi connectivity index (χ0v) is 18.6. The Hall–Kier alpha value is -2.34. The van der Waals surface area contributed by atoms with E-state index in [1.54, 1.807) is 0 Å². The highest BCUT2D eigenvalue weighted by Crippen LogP contribution is 2.18. The fourth-order valence-electron chi connectivity index (χ4n) is 4.07. The maximum absolute atomic E-state index is 4.83. The third-order valence-corrected chi connectivity index (χ3v) is 5.79. The molecule has 0 bridgehead atoms. The Morgan fingerprint density at radius 1 is 1.24 bits per heavy atom. The molecule has 0 fully saturated rings. The fourth-order valence-corrected chi connectivity index (χ4v) is 4.07. The topological polar surface area (TPSA) is 57.5 Å². The van der Waals surface area contributed by atoms with Crippen LogP contribution in [0, 0.1) is 13.8 Å². The molecule has 158 valence electrons. The van der Waals surface area contributed by atoms with E-state index >= 15 is 0 Å². The van der Waals surface area contributed by atoms with Crippen LogP contribution in [0.3, 0.4) is 0 Å². The number of aromatic nitrogens is 2. The summed E-state index contributed by atoms with van der Waals surface area (Å²) in [6, 6.07) is 9.08. The lowest BCUT2D eigenvalue weighted by Gasteiger charge is -2.28. The summed E-state index contributed by atoms with van der Waals surface area (Å²) >= 11 is 0. The summed E-state index contributed by atoms with van der Waals surface area (Å²) in [5.41, 5.74) is 6.64. The minimum Gasteiger partial charge on any atom is -0.357 e.